The summed E-state index contributed by atoms with van der Waals surface area (Å²) in [6, 6.07) is 22.1. The predicted octanol–water partition coefficient (Wildman–Crippen LogP) is 4.18. The van der Waals surface area contributed by atoms with Crippen LogP contribution in [0.1, 0.15) is 16.2 Å². The number of nitrogens with one attached hydrogen (secondary N) is 1. The van der Waals surface area contributed by atoms with Crippen LogP contribution in [0.15, 0.2) is 77.6 Å². The number of aromatic nitrogens is 3. The summed E-state index contributed by atoms with van der Waals surface area (Å²) in [5.41, 5.74) is 3.05. The molecule has 0 unspecified atom stereocenters. The topological polar surface area (TPSA) is 97.4 Å². The van der Waals surface area contributed by atoms with Crippen molar-refractivity contribution in [2.45, 2.75) is 6.54 Å². The number of nitrogens with zero attached hydrogens (tertiary/aromatic N) is 3. The third-order valence-corrected chi connectivity index (χ3v) is 6.18. The molecule has 2 aromatic heterocycles. The molecule has 0 aliphatic carbocycles. The van der Waals surface area contributed by atoms with E-state index in [2.05, 4.69) is 9.97 Å². The fourth-order valence-electron chi connectivity index (χ4n) is 4.41. The number of aromatic amines is 1. The molecule has 0 radical (unpaired) electrons. The summed E-state index contributed by atoms with van der Waals surface area (Å²) in [4.78, 5) is 39.8. The average molecular weight is 479 g/mol. The zero-order valence-corrected chi connectivity index (χ0v) is 19.5. The Morgan fingerprint density at radius 3 is 2.39 bits per heavy atom. The molecule has 3 aromatic carbocycles. The summed E-state index contributed by atoms with van der Waals surface area (Å²) in [6.07, 6.45) is 0. The molecular weight excluding hydrogens is 456 g/mol. The van der Waals surface area contributed by atoms with E-state index in [1.807, 2.05) is 48.5 Å². The molecule has 8 nitrogen and oxygen atoms in total. The minimum absolute atomic E-state index is 0.148. The molecule has 0 fully saturated rings. The van der Waals surface area contributed by atoms with E-state index >= 15 is 0 Å². The third kappa shape index (κ3) is 3.92. The largest absolute Gasteiger partial charge is 0.486 e. The number of carbonyl (C=O) groups excluding carboxylic acids is 1. The van der Waals surface area contributed by atoms with Gasteiger partial charge in [-0.25, -0.2) is 9.97 Å². The number of pyridine rings is 1. The molecule has 6 rings (SSSR count). The molecule has 0 atom stereocenters. The molecule has 0 saturated heterocycles. The van der Waals surface area contributed by atoms with Crippen LogP contribution in [0.5, 0.6) is 11.5 Å². The van der Waals surface area contributed by atoms with Crippen molar-refractivity contribution >= 4 is 27.7 Å². The molecule has 178 valence electrons. The van der Waals surface area contributed by atoms with Gasteiger partial charge in [0.2, 0.25) is 0 Å². The van der Waals surface area contributed by atoms with E-state index in [9.17, 15) is 9.59 Å². The van der Waals surface area contributed by atoms with Crippen LogP contribution < -0.4 is 15.0 Å². The molecule has 1 aliphatic rings. The van der Waals surface area contributed by atoms with Crippen LogP contribution in [-0.4, -0.2) is 46.0 Å². The van der Waals surface area contributed by atoms with E-state index in [4.69, 9.17) is 14.5 Å². The van der Waals surface area contributed by atoms with Gasteiger partial charge in [0.1, 0.15) is 19.0 Å². The lowest BCUT2D eigenvalue weighted by Gasteiger charge is -2.20. The van der Waals surface area contributed by atoms with Crippen molar-refractivity contribution in [2.24, 2.45) is 0 Å². The monoisotopic (exact) mass is 478 g/mol. The first-order valence-corrected chi connectivity index (χ1v) is 11.6. The zero-order valence-electron chi connectivity index (χ0n) is 19.5. The smallest absolute Gasteiger partial charge is 0.258 e. The van der Waals surface area contributed by atoms with E-state index in [1.165, 1.54) is 0 Å². The summed E-state index contributed by atoms with van der Waals surface area (Å²) in [5.74, 6) is 1.56. The Morgan fingerprint density at radius 2 is 1.58 bits per heavy atom. The Bertz CT molecular complexity index is 1700. The first-order valence-electron chi connectivity index (χ1n) is 11.6. The van der Waals surface area contributed by atoms with Crippen molar-refractivity contribution in [2.75, 3.05) is 20.3 Å². The highest BCUT2D eigenvalue weighted by atomic mass is 16.6. The van der Waals surface area contributed by atoms with Crippen LogP contribution in [0.2, 0.25) is 0 Å². The Balaban J connectivity index is 1.38. The van der Waals surface area contributed by atoms with E-state index in [0.717, 1.165) is 10.9 Å². The minimum atomic E-state index is -0.230. The molecule has 5 aromatic rings. The number of fused-ring (bicyclic) bond motifs is 3. The zero-order chi connectivity index (χ0) is 24.6. The van der Waals surface area contributed by atoms with Gasteiger partial charge in [0.25, 0.3) is 11.5 Å². The number of ether oxygens (including phenoxy) is 2. The van der Waals surface area contributed by atoms with Crippen LogP contribution in [0.25, 0.3) is 33.1 Å². The highest BCUT2D eigenvalue weighted by Crippen LogP contribution is 2.35. The molecule has 3 heterocycles. The molecule has 0 bridgehead atoms. The number of carbonyl (C=O) groups is 1. The fourth-order valence-corrected chi connectivity index (χ4v) is 4.41. The molecule has 1 N–H and O–H groups in total. The molecule has 0 saturated carbocycles. The first kappa shape index (κ1) is 21.8. The molecule has 1 aliphatic heterocycles. The summed E-state index contributed by atoms with van der Waals surface area (Å²) in [5, 5.41) is 1.26. The van der Waals surface area contributed by atoms with Gasteiger partial charge in [-0.3, -0.25) is 9.59 Å². The van der Waals surface area contributed by atoms with Crippen LogP contribution in [0.3, 0.4) is 0 Å². The van der Waals surface area contributed by atoms with Gasteiger partial charge in [0.15, 0.2) is 11.5 Å². The lowest BCUT2D eigenvalue weighted by Crippen LogP contribution is -2.28. The highest BCUT2D eigenvalue weighted by molar-refractivity contribution is 6.07. The number of para-hydroxylation sites is 2. The van der Waals surface area contributed by atoms with Gasteiger partial charge in [0.05, 0.1) is 34.2 Å². The van der Waals surface area contributed by atoms with Gasteiger partial charge in [0, 0.05) is 18.0 Å². The maximum atomic E-state index is 13.7. The highest BCUT2D eigenvalue weighted by Gasteiger charge is 2.20. The average Bonchev–Trinajstić information content (AvgIpc) is 2.91. The van der Waals surface area contributed by atoms with E-state index < -0.39 is 0 Å². The van der Waals surface area contributed by atoms with Crippen molar-refractivity contribution < 1.29 is 14.3 Å². The van der Waals surface area contributed by atoms with E-state index in [-0.39, 0.29) is 18.0 Å². The van der Waals surface area contributed by atoms with Gasteiger partial charge >= 0.3 is 0 Å². The number of benzene rings is 3. The van der Waals surface area contributed by atoms with Crippen LogP contribution in [0.4, 0.5) is 0 Å². The van der Waals surface area contributed by atoms with Crippen LogP contribution in [-0.2, 0) is 6.54 Å². The maximum absolute atomic E-state index is 13.7. The standard InChI is InChI=1S/C28H22N4O4/c1-32(16-26-30-22-9-5-3-7-19(22)27(33)31-26)28(34)20-15-23(29-21-8-4-2-6-18(20)21)17-10-11-24-25(14-17)36-13-12-35-24/h2-11,14-15H,12-13,16H2,1H3,(H,30,31,33). The Kier molecular flexibility index (Phi) is 5.33. The second kappa shape index (κ2) is 8.81. The third-order valence-electron chi connectivity index (χ3n) is 6.18. The molecule has 0 spiro atoms. The summed E-state index contributed by atoms with van der Waals surface area (Å²) >= 11 is 0. The SMILES string of the molecule is CN(Cc1nc2ccccc2c(=O)[nH]1)C(=O)c1cc(-c2ccc3c(c2)OCCO3)nc2ccccc12. The quantitative estimate of drug-likeness (QED) is 0.416. The van der Waals surface area contributed by atoms with Gasteiger partial charge < -0.3 is 19.4 Å². The Morgan fingerprint density at radius 1 is 0.889 bits per heavy atom. The lowest BCUT2D eigenvalue weighted by atomic mass is 10.0. The number of hydrogen-bond donors (Lipinski definition) is 1. The second-order valence-electron chi connectivity index (χ2n) is 8.62. The number of hydrogen-bond acceptors (Lipinski definition) is 6. The number of H-pyrrole nitrogens is 1. The van der Waals surface area contributed by atoms with E-state index in [0.29, 0.717) is 58.2 Å². The molecule has 1 amide bonds. The van der Waals surface area contributed by atoms with Gasteiger partial charge in [-0.05, 0) is 42.5 Å². The van der Waals surface area contributed by atoms with Crippen molar-refractivity contribution in [3.8, 4) is 22.8 Å². The van der Waals surface area contributed by atoms with E-state index in [1.54, 1.807) is 36.2 Å². The first-order chi connectivity index (χ1) is 17.6. The molecule has 8 heteroatoms. The van der Waals surface area contributed by atoms with Crippen molar-refractivity contribution in [1.82, 2.24) is 19.9 Å². The Labute approximate surface area is 206 Å². The Hall–Kier alpha value is -4.72. The lowest BCUT2D eigenvalue weighted by molar-refractivity contribution is 0.0783. The number of rotatable bonds is 4. The normalized spacial score (nSPS) is 12.6. The molecule has 36 heavy (non-hydrogen) atoms. The van der Waals surface area contributed by atoms with Gasteiger partial charge in [-0.1, -0.05) is 30.3 Å². The molecular formula is C28H22N4O4. The summed E-state index contributed by atoms with van der Waals surface area (Å²) in [7, 11) is 1.69. The summed E-state index contributed by atoms with van der Waals surface area (Å²) in [6.45, 7) is 1.15. The van der Waals surface area contributed by atoms with Crippen molar-refractivity contribution in [3.63, 3.8) is 0 Å². The predicted molar refractivity (Wildman–Crippen MR) is 136 cm³/mol. The second-order valence-corrected chi connectivity index (χ2v) is 8.62. The van der Waals surface area contributed by atoms with Crippen molar-refractivity contribution in [1.29, 1.82) is 0 Å². The minimum Gasteiger partial charge on any atom is -0.486 e. The fraction of sp³-hybridized carbons (Fsp3) is 0.143. The van der Waals surface area contributed by atoms with Gasteiger partial charge in [-0.15, -0.1) is 0 Å². The van der Waals surface area contributed by atoms with Crippen LogP contribution in [0, 0.1) is 0 Å². The summed E-state index contributed by atoms with van der Waals surface area (Å²) < 4.78 is 11.4. The number of amides is 1. The van der Waals surface area contributed by atoms with Gasteiger partial charge in [-0.2, -0.15) is 0 Å². The van der Waals surface area contributed by atoms with Crippen molar-refractivity contribution in [3.05, 3.63) is 94.5 Å². The maximum Gasteiger partial charge on any atom is 0.258 e. The van der Waals surface area contributed by atoms with Crippen LogP contribution >= 0.6 is 0 Å².